The Labute approximate surface area is 121 Å². The van der Waals surface area contributed by atoms with Crippen molar-refractivity contribution in [3.05, 3.63) is 41.8 Å². The summed E-state index contributed by atoms with van der Waals surface area (Å²) in [7, 11) is 0. The third-order valence-corrected chi connectivity index (χ3v) is 2.50. The molecule has 21 heavy (non-hydrogen) atoms. The van der Waals surface area contributed by atoms with Crippen molar-refractivity contribution in [3.63, 3.8) is 0 Å². The Morgan fingerprint density at radius 1 is 1.48 bits per heavy atom. The van der Waals surface area contributed by atoms with Gasteiger partial charge in [0.2, 0.25) is 11.7 Å². The van der Waals surface area contributed by atoms with Gasteiger partial charge in [-0.1, -0.05) is 19.0 Å². The lowest BCUT2D eigenvalue weighted by Crippen LogP contribution is -1.98. The number of carboxylic acid groups (broad SMARTS) is 1. The van der Waals surface area contributed by atoms with Crippen LogP contribution < -0.4 is 4.74 Å². The second kappa shape index (κ2) is 6.65. The quantitative estimate of drug-likeness (QED) is 0.814. The van der Waals surface area contributed by atoms with E-state index in [1.807, 2.05) is 13.8 Å². The summed E-state index contributed by atoms with van der Waals surface area (Å²) < 4.78 is 10.5. The summed E-state index contributed by atoms with van der Waals surface area (Å²) in [5.41, 5.74) is 0.534. The molecule has 0 saturated carbocycles. The topological polar surface area (TPSA) is 98.3 Å². The number of aliphatic carboxylic acids is 1. The highest BCUT2D eigenvalue weighted by atomic mass is 16.5. The summed E-state index contributed by atoms with van der Waals surface area (Å²) >= 11 is 0. The van der Waals surface area contributed by atoms with Crippen molar-refractivity contribution in [2.24, 2.45) is 0 Å². The fourth-order valence-electron chi connectivity index (χ4n) is 1.44. The number of carbonyl (C=O) groups is 1. The first-order valence-electron chi connectivity index (χ1n) is 6.37. The summed E-state index contributed by atoms with van der Waals surface area (Å²) in [6.07, 6.45) is 3.93. The van der Waals surface area contributed by atoms with Crippen molar-refractivity contribution in [1.82, 2.24) is 15.1 Å². The first-order valence-corrected chi connectivity index (χ1v) is 6.37. The Morgan fingerprint density at radius 3 is 2.86 bits per heavy atom. The molecule has 0 bridgehead atoms. The molecule has 7 heteroatoms. The van der Waals surface area contributed by atoms with Gasteiger partial charge in [0.15, 0.2) is 6.61 Å². The molecule has 0 saturated heterocycles. The molecule has 2 aromatic rings. The van der Waals surface area contributed by atoms with Crippen molar-refractivity contribution < 1.29 is 19.2 Å². The van der Waals surface area contributed by atoms with Crippen molar-refractivity contribution >= 4 is 12.0 Å². The average Bonchev–Trinajstić information content (AvgIpc) is 2.93. The van der Waals surface area contributed by atoms with E-state index in [0.717, 1.165) is 6.08 Å². The molecule has 2 rings (SSSR count). The molecule has 2 aromatic heterocycles. The molecule has 2 heterocycles. The minimum atomic E-state index is -1.02. The maximum absolute atomic E-state index is 10.4. The van der Waals surface area contributed by atoms with Crippen LogP contribution in [-0.2, 0) is 11.4 Å². The van der Waals surface area contributed by atoms with E-state index in [4.69, 9.17) is 14.4 Å². The largest absolute Gasteiger partial charge is 0.484 e. The molecule has 7 nitrogen and oxygen atoms in total. The smallest absolute Gasteiger partial charge is 0.328 e. The molecule has 0 unspecified atom stereocenters. The Hall–Kier alpha value is -2.70. The normalized spacial score (nSPS) is 11.2. The van der Waals surface area contributed by atoms with Crippen LogP contribution in [0.3, 0.4) is 0 Å². The average molecular weight is 289 g/mol. The van der Waals surface area contributed by atoms with Crippen molar-refractivity contribution in [2.45, 2.75) is 26.4 Å². The fraction of sp³-hybridized carbons (Fsp3) is 0.286. The number of rotatable bonds is 6. The van der Waals surface area contributed by atoms with E-state index in [2.05, 4.69) is 15.1 Å². The predicted molar refractivity (Wildman–Crippen MR) is 73.6 cm³/mol. The highest BCUT2D eigenvalue weighted by molar-refractivity contribution is 5.84. The van der Waals surface area contributed by atoms with Gasteiger partial charge in [-0.2, -0.15) is 4.98 Å². The van der Waals surface area contributed by atoms with Crippen LogP contribution >= 0.6 is 0 Å². The second-order valence-electron chi connectivity index (χ2n) is 4.58. The SMILES string of the molecule is CC(C)c1nc(COc2ccc(C=CC(=O)O)nc2)no1. The molecule has 0 aliphatic rings. The molecule has 0 radical (unpaired) electrons. The van der Waals surface area contributed by atoms with Crippen LogP contribution in [0.5, 0.6) is 5.75 Å². The second-order valence-corrected chi connectivity index (χ2v) is 4.58. The van der Waals surface area contributed by atoms with Gasteiger partial charge in [0, 0.05) is 12.0 Å². The molecular formula is C14H15N3O4. The van der Waals surface area contributed by atoms with E-state index in [-0.39, 0.29) is 12.5 Å². The third-order valence-electron chi connectivity index (χ3n) is 2.50. The lowest BCUT2D eigenvalue weighted by Gasteiger charge is -2.02. The molecule has 0 amide bonds. The summed E-state index contributed by atoms with van der Waals surface area (Å²) in [6.45, 7) is 4.11. The highest BCUT2D eigenvalue weighted by Gasteiger charge is 2.10. The Kier molecular flexibility index (Phi) is 4.65. The van der Waals surface area contributed by atoms with Crippen LogP contribution in [0.1, 0.15) is 37.2 Å². The molecule has 0 aromatic carbocycles. The maximum atomic E-state index is 10.4. The van der Waals surface area contributed by atoms with Crippen LogP contribution in [0.25, 0.3) is 6.08 Å². The van der Waals surface area contributed by atoms with E-state index in [9.17, 15) is 4.79 Å². The molecule has 0 aliphatic carbocycles. The molecule has 0 fully saturated rings. The first kappa shape index (κ1) is 14.7. The van der Waals surface area contributed by atoms with Gasteiger partial charge in [0.05, 0.1) is 11.9 Å². The first-order chi connectivity index (χ1) is 10.0. The minimum absolute atomic E-state index is 0.174. The Morgan fingerprint density at radius 2 is 2.29 bits per heavy atom. The monoisotopic (exact) mass is 289 g/mol. The fourth-order valence-corrected chi connectivity index (χ4v) is 1.44. The zero-order valence-corrected chi connectivity index (χ0v) is 11.7. The number of nitrogens with zero attached hydrogens (tertiary/aromatic N) is 3. The van der Waals surface area contributed by atoms with E-state index in [0.29, 0.717) is 23.2 Å². The van der Waals surface area contributed by atoms with Crippen LogP contribution in [-0.4, -0.2) is 26.2 Å². The zero-order valence-electron chi connectivity index (χ0n) is 11.7. The van der Waals surface area contributed by atoms with Gasteiger partial charge >= 0.3 is 5.97 Å². The van der Waals surface area contributed by atoms with Gasteiger partial charge in [-0.25, -0.2) is 4.79 Å². The van der Waals surface area contributed by atoms with Crippen LogP contribution in [0, 0.1) is 0 Å². The highest BCUT2D eigenvalue weighted by Crippen LogP contribution is 2.14. The number of carboxylic acids is 1. The Bertz CT molecular complexity index is 632. The van der Waals surface area contributed by atoms with Crippen LogP contribution in [0.15, 0.2) is 28.9 Å². The molecule has 0 spiro atoms. The van der Waals surface area contributed by atoms with Gasteiger partial charge in [0.25, 0.3) is 0 Å². The lowest BCUT2D eigenvalue weighted by molar-refractivity contribution is -0.131. The van der Waals surface area contributed by atoms with Gasteiger partial charge in [-0.3, -0.25) is 4.98 Å². The van der Waals surface area contributed by atoms with E-state index < -0.39 is 5.97 Å². The summed E-state index contributed by atoms with van der Waals surface area (Å²) in [4.78, 5) is 18.6. The van der Waals surface area contributed by atoms with Gasteiger partial charge in [0.1, 0.15) is 5.75 Å². The van der Waals surface area contributed by atoms with E-state index >= 15 is 0 Å². The third kappa shape index (κ3) is 4.41. The van der Waals surface area contributed by atoms with Crippen molar-refractivity contribution in [2.75, 3.05) is 0 Å². The van der Waals surface area contributed by atoms with Crippen molar-refractivity contribution in [3.8, 4) is 5.75 Å². The standard InChI is InChI=1S/C14H15N3O4/c1-9(2)14-16-12(17-21-14)8-20-11-5-3-10(15-7-11)4-6-13(18)19/h3-7,9H,8H2,1-2H3,(H,18,19). The minimum Gasteiger partial charge on any atom is -0.484 e. The number of pyridine rings is 1. The van der Waals surface area contributed by atoms with Crippen LogP contribution in [0.4, 0.5) is 0 Å². The number of ether oxygens (including phenoxy) is 1. The van der Waals surface area contributed by atoms with E-state index in [1.54, 1.807) is 12.1 Å². The van der Waals surface area contributed by atoms with Gasteiger partial charge in [-0.15, -0.1) is 0 Å². The molecule has 110 valence electrons. The summed E-state index contributed by atoms with van der Waals surface area (Å²) in [5.74, 6) is 0.733. The Balaban J connectivity index is 1.92. The molecule has 0 atom stereocenters. The molecule has 1 N–H and O–H groups in total. The molecular weight excluding hydrogens is 274 g/mol. The van der Waals surface area contributed by atoms with Gasteiger partial charge in [-0.05, 0) is 18.2 Å². The summed E-state index contributed by atoms with van der Waals surface area (Å²) in [6, 6.07) is 3.35. The van der Waals surface area contributed by atoms with Crippen LogP contribution in [0.2, 0.25) is 0 Å². The number of aromatic nitrogens is 3. The molecule has 0 aliphatic heterocycles. The zero-order chi connectivity index (χ0) is 15.2. The van der Waals surface area contributed by atoms with Crippen molar-refractivity contribution in [1.29, 1.82) is 0 Å². The summed E-state index contributed by atoms with van der Waals surface area (Å²) in [5, 5.41) is 12.3. The lowest BCUT2D eigenvalue weighted by atomic mass is 10.2. The predicted octanol–water partition coefficient (Wildman–Crippen LogP) is 2.26. The maximum Gasteiger partial charge on any atom is 0.328 e. The van der Waals surface area contributed by atoms with Gasteiger partial charge < -0.3 is 14.4 Å². The van der Waals surface area contributed by atoms with E-state index in [1.165, 1.54) is 12.3 Å². The number of hydrogen-bond acceptors (Lipinski definition) is 6. The number of hydrogen-bond donors (Lipinski definition) is 1.